The zero-order valence-electron chi connectivity index (χ0n) is 45.5. The molecule has 12 nitrogen and oxygen atoms in total. The van der Waals surface area contributed by atoms with Crippen LogP contribution in [0.2, 0.25) is 0 Å². The molecule has 0 heterocycles. The van der Waals surface area contributed by atoms with E-state index in [4.69, 9.17) is 39.4 Å². The second-order valence-corrected chi connectivity index (χ2v) is 21.1. The van der Waals surface area contributed by atoms with E-state index in [1.807, 2.05) is 0 Å². The molecule has 416 valence electrons. The van der Waals surface area contributed by atoms with Gasteiger partial charge in [-0.2, -0.15) is 0 Å². The molecule has 74 heavy (non-hydrogen) atoms. The monoisotopic (exact) mass is 1030 g/mol. The zero-order chi connectivity index (χ0) is 52.9. The van der Waals surface area contributed by atoms with Gasteiger partial charge < -0.3 is 39.4 Å². The molecule has 0 amide bonds. The van der Waals surface area contributed by atoms with Crippen LogP contribution in [0.5, 0.6) is 0 Å². The van der Waals surface area contributed by atoms with E-state index < -0.39 is 23.9 Å². The summed E-state index contributed by atoms with van der Waals surface area (Å²) in [5.74, 6) is 0.469. The van der Waals surface area contributed by atoms with Crippen LogP contribution in [0.25, 0.3) is 33.8 Å². The minimum atomic E-state index is -0.707. The molecule has 0 aromatic heterocycles. The Bertz CT molecular complexity index is 1910. The number of aliphatic carboxylic acids is 4. The lowest BCUT2D eigenvalue weighted by Gasteiger charge is -2.14. The smallest absolute Gasteiger partial charge is 0.303 e. The molecule has 0 radical (unpaired) electrons. The number of benzene rings is 2. The first kappa shape index (κ1) is 61.8. The van der Waals surface area contributed by atoms with Crippen molar-refractivity contribution in [2.75, 3.05) is 26.4 Å². The first-order valence-electron chi connectivity index (χ1n) is 29.7. The van der Waals surface area contributed by atoms with Gasteiger partial charge in [0.05, 0.1) is 26.4 Å². The molecule has 2 aliphatic rings. The molecular formula is C62H96O12. The molecule has 0 fully saturated rings. The predicted molar refractivity (Wildman–Crippen MR) is 295 cm³/mol. The number of ether oxygens (including phenoxy) is 4. The number of hydrogen-bond donors (Lipinski definition) is 4. The van der Waals surface area contributed by atoms with Gasteiger partial charge in [-0.05, 0) is 75.6 Å². The van der Waals surface area contributed by atoms with Gasteiger partial charge in [-0.15, -0.1) is 0 Å². The molecule has 2 aromatic rings. The first-order chi connectivity index (χ1) is 36.2. The lowest BCUT2D eigenvalue weighted by Crippen LogP contribution is -2.21. The van der Waals surface area contributed by atoms with Crippen molar-refractivity contribution >= 4 is 57.7 Å². The van der Waals surface area contributed by atoms with E-state index in [0.29, 0.717) is 26.4 Å². The van der Waals surface area contributed by atoms with Crippen molar-refractivity contribution in [3.05, 3.63) is 45.1 Å². The summed E-state index contributed by atoms with van der Waals surface area (Å²) >= 11 is 0. The van der Waals surface area contributed by atoms with Crippen molar-refractivity contribution in [3.8, 4) is 0 Å². The van der Waals surface area contributed by atoms with Crippen LogP contribution >= 0.6 is 0 Å². The predicted octanol–water partition coefficient (Wildman–Crippen LogP) is 13.3. The molecule has 2 aliphatic carbocycles. The number of carboxylic acids is 4. The Labute approximate surface area is 443 Å². The molecule has 0 spiro atoms. The van der Waals surface area contributed by atoms with Crippen molar-refractivity contribution in [1.29, 1.82) is 0 Å². The van der Waals surface area contributed by atoms with E-state index in [1.165, 1.54) is 51.4 Å². The molecule has 0 atom stereocenters. The Kier molecular flexibility index (Phi) is 32.4. The Morgan fingerprint density at radius 2 is 0.392 bits per heavy atom. The topological polar surface area (TPSA) is 186 Å². The molecular weight excluding hydrogens is 937 g/mol. The third-order valence-corrected chi connectivity index (χ3v) is 14.7. The van der Waals surface area contributed by atoms with Crippen molar-refractivity contribution < 1.29 is 58.6 Å². The van der Waals surface area contributed by atoms with Gasteiger partial charge in [0.2, 0.25) is 0 Å². The van der Waals surface area contributed by atoms with Gasteiger partial charge in [-0.3, -0.25) is 19.2 Å². The summed E-state index contributed by atoms with van der Waals surface area (Å²) in [5.41, 5.74) is 0. The lowest BCUT2D eigenvalue weighted by atomic mass is 10.1. The fraction of sp³-hybridized carbons (Fsp3) is 0.710. The van der Waals surface area contributed by atoms with Crippen LogP contribution in [0, 0.1) is 0 Å². The van der Waals surface area contributed by atoms with Crippen molar-refractivity contribution in [1.82, 2.24) is 0 Å². The molecule has 0 aliphatic heterocycles. The number of hydrogen-bond acceptors (Lipinski definition) is 8. The summed E-state index contributed by atoms with van der Waals surface area (Å²) in [7, 11) is 0. The average Bonchev–Trinajstić information content (AvgIpc) is 3.84. The summed E-state index contributed by atoms with van der Waals surface area (Å²) in [6.07, 6.45) is 39.3. The van der Waals surface area contributed by atoms with Crippen LogP contribution in [-0.2, 0) is 38.1 Å². The van der Waals surface area contributed by atoms with Crippen LogP contribution in [0.4, 0.5) is 0 Å². The quantitative estimate of drug-likeness (QED) is 0.0460. The Morgan fingerprint density at radius 1 is 0.243 bits per heavy atom. The molecule has 4 N–H and O–H groups in total. The molecule has 4 rings (SSSR count). The lowest BCUT2D eigenvalue weighted by molar-refractivity contribution is -0.138. The molecule has 2 aromatic carbocycles. The Morgan fingerprint density at radius 3 is 0.554 bits per heavy atom. The molecule has 0 saturated heterocycles. The van der Waals surface area contributed by atoms with Crippen LogP contribution in [-0.4, -0.2) is 70.7 Å². The number of carboxylic acid groups (broad SMARTS) is 4. The van der Waals surface area contributed by atoms with E-state index in [-0.39, 0.29) is 25.7 Å². The SMILES string of the molecule is O=C(O)CCCCCCCCCCCOC1=c2ccc3c4c(ccc(c24)=C1OCCCCCCCCCCCC(=O)O)=C(OCCCCCCCCCCCC(=O)O)C=3OCCCCCCCCCCCC(=O)O. The van der Waals surface area contributed by atoms with Crippen LogP contribution in [0.1, 0.15) is 257 Å². The second kappa shape index (κ2) is 38.8. The minimum Gasteiger partial charge on any atom is -0.489 e. The van der Waals surface area contributed by atoms with E-state index in [9.17, 15) is 19.2 Å². The third-order valence-electron chi connectivity index (χ3n) is 14.7. The maximum Gasteiger partial charge on any atom is 0.303 e. The number of unbranched alkanes of at least 4 members (excludes halogenated alkanes) is 32. The third kappa shape index (κ3) is 24.7. The maximum atomic E-state index is 10.8. The van der Waals surface area contributed by atoms with E-state index in [1.54, 1.807) is 0 Å². The van der Waals surface area contributed by atoms with Gasteiger partial charge in [0.1, 0.15) is 0 Å². The summed E-state index contributed by atoms with van der Waals surface area (Å²) in [6, 6.07) is 8.76. The van der Waals surface area contributed by atoms with Gasteiger partial charge in [0.25, 0.3) is 0 Å². The van der Waals surface area contributed by atoms with Crippen molar-refractivity contribution in [3.63, 3.8) is 0 Å². The molecule has 12 heteroatoms. The van der Waals surface area contributed by atoms with E-state index in [0.717, 1.165) is 234 Å². The van der Waals surface area contributed by atoms with Crippen LogP contribution in [0.15, 0.2) is 24.3 Å². The summed E-state index contributed by atoms with van der Waals surface area (Å²) < 4.78 is 27.0. The highest BCUT2D eigenvalue weighted by atomic mass is 16.5. The van der Waals surface area contributed by atoms with Crippen LogP contribution in [0.3, 0.4) is 0 Å². The largest absolute Gasteiger partial charge is 0.489 e. The van der Waals surface area contributed by atoms with Gasteiger partial charge >= 0.3 is 23.9 Å². The van der Waals surface area contributed by atoms with Gasteiger partial charge in [-0.25, -0.2) is 0 Å². The highest BCUT2D eigenvalue weighted by molar-refractivity contribution is 6.04. The fourth-order valence-corrected chi connectivity index (χ4v) is 10.5. The molecule has 0 bridgehead atoms. The summed E-state index contributed by atoms with van der Waals surface area (Å²) in [5, 5.41) is 42.1. The van der Waals surface area contributed by atoms with Gasteiger partial charge in [0.15, 0.2) is 23.0 Å². The Balaban J connectivity index is 1.42. The van der Waals surface area contributed by atoms with Gasteiger partial charge in [0, 0.05) is 57.3 Å². The highest BCUT2D eigenvalue weighted by Gasteiger charge is 2.27. The van der Waals surface area contributed by atoms with Crippen LogP contribution < -0.4 is 20.9 Å². The maximum absolute atomic E-state index is 10.8. The highest BCUT2D eigenvalue weighted by Crippen LogP contribution is 2.26. The fourth-order valence-electron chi connectivity index (χ4n) is 10.5. The van der Waals surface area contributed by atoms with Gasteiger partial charge in [-0.1, -0.05) is 180 Å². The number of rotatable bonds is 52. The van der Waals surface area contributed by atoms with Crippen molar-refractivity contribution in [2.45, 2.75) is 257 Å². The first-order valence-corrected chi connectivity index (χ1v) is 29.7. The molecule has 0 unspecified atom stereocenters. The second-order valence-electron chi connectivity index (χ2n) is 21.1. The normalized spacial score (nSPS) is 12.6. The Hall–Kier alpha value is -4.74. The molecule has 0 saturated carbocycles. The standard InChI is InChI=1S/C62H96O12/c63-53(64)37-29-21-13-5-1-9-17-25-33-45-71-59-49-41-42-51-58-52(44-43-50(57(49)58)60(59)72-46-34-26-18-10-2-6-14-22-30-38-54(65)66)62(74-48-36-28-20-12-4-8-16-24-32-40-56(69)70)61(51)73-47-35-27-19-11-3-7-15-23-31-39-55(67)68/h41-44H,1-40,45-48H2,(H,63,64)(H,65,66)(H,67,68)(H,69,70). The average molecular weight is 1030 g/mol. The number of carbonyl (C=O) groups is 4. The van der Waals surface area contributed by atoms with E-state index >= 15 is 0 Å². The zero-order valence-corrected chi connectivity index (χ0v) is 45.5. The summed E-state index contributed by atoms with van der Waals surface area (Å²) in [4.78, 5) is 43.2. The minimum absolute atomic E-state index is 0.266. The van der Waals surface area contributed by atoms with E-state index in [2.05, 4.69) is 24.3 Å². The van der Waals surface area contributed by atoms with Crippen molar-refractivity contribution in [2.24, 2.45) is 0 Å². The summed E-state index contributed by atoms with van der Waals surface area (Å²) in [6.45, 7) is 2.44.